The maximum absolute atomic E-state index is 12.8. The lowest BCUT2D eigenvalue weighted by Crippen LogP contribution is -2.28. The van der Waals surface area contributed by atoms with Crippen LogP contribution in [0.3, 0.4) is 0 Å². The highest BCUT2D eigenvalue weighted by Crippen LogP contribution is 2.34. The summed E-state index contributed by atoms with van der Waals surface area (Å²) >= 11 is 0. The number of halogens is 3. The van der Waals surface area contributed by atoms with E-state index in [9.17, 15) is 22.8 Å². The average molecular weight is 489 g/mol. The molecule has 3 rings (SSSR count). The SMILES string of the molecule is CCc1oc(-c2ccc(C(F)(F)F)cc2)cc1C(C)Oc1ccc(C(=O)N(C)CCC(=O)O)cc1. The van der Waals surface area contributed by atoms with Crippen LogP contribution in [-0.2, 0) is 17.4 Å². The first kappa shape index (κ1) is 25.9. The molecule has 6 nitrogen and oxygen atoms in total. The maximum Gasteiger partial charge on any atom is 0.416 e. The van der Waals surface area contributed by atoms with E-state index >= 15 is 0 Å². The Balaban J connectivity index is 1.72. The molecule has 35 heavy (non-hydrogen) atoms. The maximum atomic E-state index is 12.8. The van der Waals surface area contributed by atoms with Crippen LogP contribution >= 0.6 is 0 Å². The number of hydrogen-bond acceptors (Lipinski definition) is 4. The van der Waals surface area contributed by atoms with Gasteiger partial charge in [-0.3, -0.25) is 9.59 Å². The Kier molecular flexibility index (Phi) is 7.89. The molecule has 0 fully saturated rings. The topological polar surface area (TPSA) is 80.0 Å². The fraction of sp³-hybridized carbons (Fsp3) is 0.308. The van der Waals surface area contributed by atoms with Crippen LogP contribution in [0.5, 0.6) is 5.75 Å². The molecule has 0 saturated heterocycles. The van der Waals surface area contributed by atoms with E-state index in [1.165, 1.54) is 24.1 Å². The van der Waals surface area contributed by atoms with Gasteiger partial charge in [0.05, 0.1) is 12.0 Å². The zero-order valence-electron chi connectivity index (χ0n) is 19.6. The highest BCUT2D eigenvalue weighted by molar-refractivity contribution is 5.94. The smallest absolute Gasteiger partial charge is 0.416 e. The lowest BCUT2D eigenvalue weighted by molar-refractivity contribution is -0.138. The summed E-state index contributed by atoms with van der Waals surface area (Å²) in [4.78, 5) is 24.5. The van der Waals surface area contributed by atoms with E-state index in [4.69, 9.17) is 14.3 Å². The molecule has 3 aromatic rings. The van der Waals surface area contributed by atoms with Crippen molar-refractivity contribution in [2.45, 2.75) is 39.0 Å². The first-order valence-corrected chi connectivity index (χ1v) is 11.0. The Morgan fingerprint density at radius 3 is 2.26 bits per heavy atom. The van der Waals surface area contributed by atoms with Crippen molar-refractivity contribution >= 4 is 11.9 Å². The van der Waals surface area contributed by atoms with E-state index in [0.29, 0.717) is 34.8 Å². The van der Waals surface area contributed by atoms with Crippen molar-refractivity contribution < 1.29 is 37.0 Å². The number of ether oxygens (including phenoxy) is 1. The molecule has 0 radical (unpaired) electrons. The third kappa shape index (κ3) is 6.44. The molecule has 0 spiro atoms. The molecule has 1 atom stereocenters. The molecule has 2 aromatic carbocycles. The number of carbonyl (C=O) groups excluding carboxylic acids is 1. The van der Waals surface area contributed by atoms with Crippen molar-refractivity contribution in [2.75, 3.05) is 13.6 Å². The number of carbonyl (C=O) groups is 2. The van der Waals surface area contributed by atoms with Crippen molar-refractivity contribution in [2.24, 2.45) is 0 Å². The molecule has 186 valence electrons. The average Bonchev–Trinajstić information content (AvgIpc) is 3.27. The lowest BCUT2D eigenvalue weighted by atomic mass is 10.1. The number of amides is 1. The standard InChI is InChI=1S/C26H26F3NO5/c1-4-22-21(15-23(35-22)17-5-9-19(10-6-17)26(27,28)29)16(2)34-20-11-7-18(8-12-20)25(33)30(3)14-13-24(31)32/h5-12,15-16H,4,13-14H2,1-3H3,(H,31,32). The Morgan fingerprint density at radius 2 is 1.71 bits per heavy atom. The fourth-order valence-corrected chi connectivity index (χ4v) is 3.56. The summed E-state index contributed by atoms with van der Waals surface area (Å²) in [6.07, 6.45) is -4.39. The molecule has 0 aliphatic carbocycles. The highest BCUT2D eigenvalue weighted by Gasteiger charge is 2.30. The van der Waals surface area contributed by atoms with Gasteiger partial charge in [-0.15, -0.1) is 0 Å². The van der Waals surface area contributed by atoms with Crippen LogP contribution < -0.4 is 4.74 Å². The summed E-state index contributed by atoms with van der Waals surface area (Å²) in [5.74, 6) is 0.358. The van der Waals surface area contributed by atoms with Crippen molar-refractivity contribution in [1.29, 1.82) is 0 Å². The molecule has 1 unspecified atom stereocenters. The second-order valence-electron chi connectivity index (χ2n) is 8.07. The predicted octanol–water partition coefficient (Wildman–Crippen LogP) is 6.21. The Labute approximate surface area is 200 Å². The third-order valence-electron chi connectivity index (χ3n) is 5.52. The summed E-state index contributed by atoms with van der Waals surface area (Å²) in [6, 6.07) is 13.1. The molecule has 0 saturated carbocycles. The van der Waals surface area contributed by atoms with Gasteiger partial charge in [-0.05, 0) is 49.4 Å². The molecular weight excluding hydrogens is 463 g/mol. The minimum Gasteiger partial charge on any atom is -0.486 e. The summed E-state index contributed by atoms with van der Waals surface area (Å²) in [5.41, 5.74) is 0.979. The Bertz CT molecular complexity index is 1170. The Hall–Kier alpha value is -3.75. The van der Waals surface area contributed by atoms with Gasteiger partial charge in [0.15, 0.2) is 0 Å². The van der Waals surface area contributed by atoms with Gasteiger partial charge in [-0.2, -0.15) is 13.2 Å². The van der Waals surface area contributed by atoms with Crippen LogP contribution in [0.2, 0.25) is 0 Å². The van der Waals surface area contributed by atoms with Gasteiger partial charge in [-0.1, -0.05) is 19.1 Å². The minimum absolute atomic E-state index is 0.102. The number of rotatable bonds is 9. The van der Waals surface area contributed by atoms with E-state index < -0.39 is 23.8 Å². The van der Waals surface area contributed by atoms with Gasteiger partial charge >= 0.3 is 12.1 Å². The number of carboxylic acids is 1. The number of aryl methyl sites for hydroxylation is 1. The number of aliphatic carboxylic acids is 1. The van der Waals surface area contributed by atoms with Crippen LogP contribution in [0, 0.1) is 0 Å². The highest BCUT2D eigenvalue weighted by atomic mass is 19.4. The number of nitrogens with zero attached hydrogens (tertiary/aromatic N) is 1. The van der Waals surface area contributed by atoms with Crippen molar-refractivity contribution in [3.8, 4) is 17.1 Å². The van der Waals surface area contributed by atoms with Gasteiger partial charge in [-0.25, -0.2) is 0 Å². The zero-order valence-corrected chi connectivity index (χ0v) is 19.6. The number of benzene rings is 2. The van der Waals surface area contributed by atoms with E-state index in [1.54, 1.807) is 30.3 Å². The first-order chi connectivity index (χ1) is 16.5. The van der Waals surface area contributed by atoms with Crippen LogP contribution in [0.1, 0.15) is 53.6 Å². The number of furan rings is 1. The van der Waals surface area contributed by atoms with E-state index in [-0.39, 0.29) is 18.9 Å². The van der Waals surface area contributed by atoms with Gasteiger partial charge in [0.25, 0.3) is 5.91 Å². The van der Waals surface area contributed by atoms with Crippen LogP contribution in [-0.4, -0.2) is 35.5 Å². The molecular formula is C26H26F3NO5. The summed E-state index contributed by atoms with van der Waals surface area (Å²) < 4.78 is 50.5. The van der Waals surface area contributed by atoms with Gasteiger partial charge in [0, 0.05) is 36.7 Å². The number of hydrogen-bond donors (Lipinski definition) is 1. The van der Waals surface area contributed by atoms with E-state index in [0.717, 1.165) is 17.7 Å². The van der Waals surface area contributed by atoms with Crippen molar-refractivity contribution in [1.82, 2.24) is 4.90 Å². The van der Waals surface area contributed by atoms with Crippen molar-refractivity contribution in [3.63, 3.8) is 0 Å². The molecule has 0 bridgehead atoms. The second kappa shape index (κ2) is 10.7. The van der Waals surface area contributed by atoms with Crippen molar-refractivity contribution in [3.05, 3.63) is 77.0 Å². The zero-order chi connectivity index (χ0) is 25.8. The lowest BCUT2D eigenvalue weighted by Gasteiger charge is -2.17. The fourth-order valence-electron chi connectivity index (χ4n) is 3.56. The molecule has 0 aliphatic heterocycles. The van der Waals surface area contributed by atoms with Gasteiger partial charge < -0.3 is 19.2 Å². The summed E-state index contributed by atoms with van der Waals surface area (Å²) in [7, 11) is 1.54. The van der Waals surface area contributed by atoms with Crippen LogP contribution in [0.4, 0.5) is 13.2 Å². The number of alkyl halides is 3. The third-order valence-corrected chi connectivity index (χ3v) is 5.52. The van der Waals surface area contributed by atoms with Crippen LogP contribution in [0.25, 0.3) is 11.3 Å². The first-order valence-electron chi connectivity index (χ1n) is 11.0. The van der Waals surface area contributed by atoms with E-state index in [1.807, 2.05) is 13.8 Å². The monoisotopic (exact) mass is 489 g/mol. The predicted molar refractivity (Wildman–Crippen MR) is 123 cm³/mol. The molecule has 1 aromatic heterocycles. The molecule has 0 aliphatic rings. The van der Waals surface area contributed by atoms with E-state index in [2.05, 4.69) is 0 Å². The van der Waals surface area contributed by atoms with Gasteiger partial charge in [0.2, 0.25) is 0 Å². The Morgan fingerprint density at radius 1 is 1.09 bits per heavy atom. The normalized spacial score (nSPS) is 12.3. The molecule has 9 heteroatoms. The van der Waals surface area contributed by atoms with Gasteiger partial charge in [0.1, 0.15) is 23.4 Å². The minimum atomic E-state index is -4.40. The summed E-state index contributed by atoms with van der Waals surface area (Å²) in [5, 5.41) is 8.77. The number of carboxylic acid groups (broad SMARTS) is 1. The summed E-state index contributed by atoms with van der Waals surface area (Å²) in [6.45, 7) is 3.84. The molecule has 1 N–H and O–H groups in total. The quantitative estimate of drug-likeness (QED) is 0.386. The molecule has 1 amide bonds. The largest absolute Gasteiger partial charge is 0.486 e. The second-order valence-corrected chi connectivity index (χ2v) is 8.07. The molecule has 1 heterocycles. The van der Waals surface area contributed by atoms with Crippen LogP contribution in [0.15, 0.2) is 59.0 Å².